The van der Waals surface area contributed by atoms with Crippen molar-refractivity contribution in [3.05, 3.63) is 29.8 Å². The number of aliphatic hydroxyl groups is 1. The summed E-state index contributed by atoms with van der Waals surface area (Å²) in [5, 5.41) is 9.67. The first-order chi connectivity index (χ1) is 10.2. The first kappa shape index (κ1) is 14.1. The van der Waals surface area contributed by atoms with Crippen LogP contribution in [0.2, 0.25) is 0 Å². The minimum Gasteiger partial charge on any atom is -0.396 e. The maximum absolute atomic E-state index is 9.67. The van der Waals surface area contributed by atoms with Gasteiger partial charge in [-0.25, -0.2) is 0 Å². The van der Waals surface area contributed by atoms with Crippen molar-refractivity contribution in [3.63, 3.8) is 0 Å². The Morgan fingerprint density at radius 3 is 3.19 bits per heavy atom. The zero-order valence-electron chi connectivity index (χ0n) is 12.5. The van der Waals surface area contributed by atoms with Gasteiger partial charge in [0.1, 0.15) is 0 Å². The Morgan fingerprint density at radius 2 is 2.38 bits per heavy atom. The van der Waals surface area contributed by atoms with Crippen LogP contribution in [0.5, 0.6) is 0 Å². The Hall–Kier alpha value is -0.550. The van der Waals surface area contributed by atoms with Crippen molar-refractivity contribution in [2.45, 2.75) is 36.0 Å². The molecular formula is C17H23NO2S. The first-order valence-electron chi connectivity index (χ1n) is 7.88. The van der Waals surface area contributed by atoms with Gasteiger partial charge in [-0.3, -0.25) is 4.90 Å². The van der Waals surface area contributed by atoms with Crippen LogP contribution in [0, 0.1) is 11.8 Å². The fourth-order valence-corrected chi connectivity index (χ4v) is 5.16. The highest BCUT2D eigenvalue weighted by Crippen LogP contribution is 2.54. The number of thioether (sulfide) groups is 1. The van der Waals surface area contributed by atoms with Gasteiger partial charge in [-0.05, 0) is 36.8 Å². The standard InChI is InChI=1S/C17H23NO2S/c1-21-13-4-2-3-12(7-13)8-18-9-15-14(10-19)16-5-6-17(15,11-18)20-16/h2-4,7,14-16,19H,5-6,8-11H2,1H3/t14-,15+,16+,17+/m0/s1. The summed E-state index contributed by atoms with van der Waals surface area (Å²) in [6.45, 7) is 3.39. The highest BCUT2D eigenvalue weighted by Gasteiger charge is 2.62. The summed E-state index contributed by atoms with van der Waals surface area (Å²) in [6.07, 6.45) is 4.76. The molecule has 3 saturated heterocycles. The zero-order valence-corrected chi connectivity index (χ0v) is 13.3. The number of benzene rings is 1. The quantitative estimate of drug-likeness (QED) is 0.866. The lowest BCUT2D eigenvalue weighted by Gasteiger charge is -2.28. The van der Waals surface area contributed by atoms with Crippen molar-refractivity contribution in [2.24, 2.45) is 11.8 Å². The van der Waals surface area contributed by atoms with Crippen molar-refractivity contribution >= 4 is 11.8 Å². The molecule has 0 aromatic heterocycles. The summed E-state index contributed by atoms with van der Waals surface area (Å²) >= 11 is 1.80. The van der Waals surface area contributed by atoms with Crippen LogP contribution in [-0.4, -0.2) is 47.7 Å². The maximum atomic E-state index is 9.67. The van der Waals surface area contributed by atoms with Crippen LogP contribution >= 0.6 is 11.8 Å². The highest BCUT2D eigenvalue weighted by atomic mass is 32.2. The van der Waals surface area contributed by atoms with Crippen molar-refractivity contribution in [1.82, 2.24) is 4.90 Å². The van der Waals surface area contributed by atoms with Crippen LogP contribution in [0.25, 0.3) is 0 Å². The summed E-state index contributed by atoms with van der Waals surface area (Å²) in [6, 6.07) is 8.82. The van der Waals surface area contributed by atoms with Crippen LogP contribution in [0.15, 0.2) is 29.2 Å². The van der Waals surface area contributed by atoms with E-state index < -0.39 is 0 Å². The Kier molecular flexibility index (Phi) is 3.53. The monoisotopic (exact) mass is 305 g/mol. The third-order valence-electron chi connectivity index (χ3n) is 5.61. The number of fused-ring (bicyclic) bond motifs is 1. The van der Waals surface area contributed by atoms with E-state index in [2.05, 4.69) is 35.4 Å². The second-order valence-electron chi connectivity index (χ2n) is 6.73. The molecule has 0 amide bonds. The smallest absolute Gasteiger partial charge is 0.0858 e. The molecule has 3 heterocycles. The van der Waals surface area contributed by atoms with Crippen LogP contribution in [0.3, 0.4) is 0 Å². The van der Waals surface area contributed by atoms with Gasteiger partial charge in [0, 0.05) is 43.0 Å². The molecule has 0 radical (unpaired) electrons. The molecule has 4 atom stereocenters. The molecule has 1 spiro atoms. The molecule has 0 aliphatic carbocycles. The molecule has 114 valence electrons. The number of rotatable bonds is 4. The van der Waals surface area contributed by atoms with Gasteiger partial charge < -0.3 is 9.84 Å². The van der Waals surface area contributed by atoms with Gasteiger partial charge in [0.15, 0.2) is 0 Å². The number of likely N-dealkylation sites (tertiary alicyclic amines) is 1. The van der Waals surface area contributed by atoms with Crippen molar-refractivity contribution in [2.75, 3.05) is 26.0 Å². The van der Waals surface area contributed by atoms with E-state index in [1.807, 2.05) is 0 Å². The molecule has 1 aromatic rings. The van der Waals surface area contributed by atoms with Gasteiger partial charge in [0.2, 0.25) is 0 Å². The van der Waals surface area contributed by atoms with E-state index in [0.29, 0.717) is 17.9 Å². The van der Waals surface area contributed by atoms with E-state index in [9.17, 15) is 5.11 Å². The summed E-state index contributed by atoms with van der Waals surface area (Å²) < 4.78 is 6.29. The number of nitrogens with zero attached hydrogens (tertiary/aromatic N) is 1. The molecule has 2 bridgehead atoms. The fraction of sp³-hybridized carbons (Fsp3) is 0.647. The van der Waals surface area contributed by atoms with Crippen molar-refractivity contribution in [3.8, 4) is 0 Å². The van der Waals surface area contributed by atoms with Crippen molar-refractivity contribution in [1.29, 1.82) is 0 Å². The van der Waals surface area contributed by atoms with Crippen LogP contribution in [0.1, 0.15) is 18.4 Å². The predicted molar refractivity (Wildman–Crippen MR) is 84.4 cm³/mol. The van der Waals surface area contributed by atoms with Gasteiger partial charge in [-0.1, -0.05) is 12.1 Å². The maximum Gasteiger partial charge on any atom is 0.0858 e. The molecule has 3 aliphatic heterocycles. The lowest BCUT2D eigenvalue weighted by atomic mass is 9.74. The lowest BCUT2D eigenvalue weighted by molar-refractivity contribution is 0.000377. The van der Waals surface area contributed by atoms with Gasteiger partial charge in [0.25, 0.3) is 0 Å². The summed E-state index contributed by atoms with van der Waals surface area (Å²) in [5.74, 6) is 0.895. The molecule has 3 fully saturated rings. The normalized spacial score (nSPS) is 38.1. The number of hydrogen-bond donors (Lipinski definition) is 1. The zero-order chi connectivity index (χ0) is 14.4. The molecule has 1 N–H and O–H groups in total. The lowest BCUT2D eigenvalue weighted by Crippen LogP contribution is -2.37. The number of hydrogen-bond acceptors (Lipinski definition) is 4. The molecule has 21 heavy (non-hydrogen) atoms. The van der Waals surface area contributed by atoms with E-state index in [-0.39, 0.29) is 12.2 Å². The van der Waals surface area contributed by atoms with E-state index in [0.717, 1.165) is 26.1 Å². The molecule has 4 rings (SSSR count). The van der Waals surface area contributed by atoms with E-state index in [4.69, 9.17) is 4.74 Å². The number of aliphatic hydroxyl groups excluding tert-OH is 1. The Bertz CT molecular complexity index is 537. The molecule has 1 aromatic carbocycles. The number of ether oxygens (including phenoxy) is 1. The van der Waals surface area contributed by atoms with Gasteiger partial charge in [-0.15, -0.1) is 11.8 Å². The van der Waals surface area contributed by atoms with Gasteiger partial charge in [0.05, 0.1) is 11.7 Å². The second-order valence-corrected chi connectivity index (χ2v) is 7.61. The molecule has 3 nitrogen and oxygen atoms in total. The SMILES string of the molecule is CSc1cccc(CN2C[C@@H]3[C@H](CO)[C@H]4CC[C@]3(C2)O4)c1. The third-order valence-corrected chi connectivity index (χ3v) is 6.33. The summed E-state index contributed by atoms with van der Waals surface area (Å²) in [4.78, 5) is 3.85. The Labute approximate surface area is 130 Å². The van der Waals surface area contributed by atoms with Crippen molar-refractivity contribution < 1.29 is 9.84 Å². The summed E-state index contributed by atoms with van der Waals surface area (Å²) in [5.41, 5.74) is 1.43. The predicted octanol–water partition coefficient (Wildman–Crippen LogP) is 2.38. The fourth-order valence-electron chi connectivity index (χ4n) is 4.68. The van der Waals surface area contributed by atoms with E-state index in [1.165, 1.54) is 16.9 Å². The largest absolute Gasteiger partial charge is 0.396 e. The van der Waals surface area contributed by atoms with Gasteiger partial charge in [-0.2, -0.15) is 0 Å². The van der Waals surface area contributed by atoms with Crippen LogP contribution in [0.4, 0.5) is 0 Å². The van der Waals surface area contributed by atoms with Crippen LogP contribution in [-0.2, 0) is 11.3 Å². The van der Waals surface area contributed by atoms with Gasteiger partial charge >= 0.3 is 0 Å². The summed E-state index contributed by atoms with van der Waals surface area (Å²) in [7, 11) is 0. The minimum atomic E-state index is 0.0508. The highest BCUT2D eigenvalue weighted by molar-refractivity contribution is 7.98. The van der Waals surface area contributed by atoms with E-state index in [1.54, 1.807) is 11.8 Å². The van der Waals surface area contributed by atoms with Crippen LogP contribution < -0.4 is 0 Å². The minimum absolute atomic E-state index is 0.0508. The van der Waals surface area contributed by atoms with E-state index >= 15 is 0 Å². The molecule has 4 heteroatoms. The Morgan fingerprint density at radius 1 is 1.48 bits per heavy atom. The average Bonchev–Trinajstić information content (AvgIpc) is 3.14. The molecule has 0 unspecified atom stereocenters. The third kappa shape index (κ3) is 2.24. The average molecular weight is 305 g/mol. The second kappa shape index (κ2) is 5.27. The first-order valence-corrected chi connectivity index (χ1v) is 9.10. The molecule has 3 aliphatic rings. The molecule has 0 saturated carbocycles. The topological polar surface area (TPSA) is 32.7 Å². The Balaban J connectivity index is 1.49. The molecular weight excluding hydrogens is 282 g/mol.